The number of carboxylic acids is 1. The van der Waals surface area contributed by atoms with E-state index in [-0.39, 0.29) is 12.3 Å². The lowest BCUT2D eigenvalue weighted by Gasteiger charge is -2.02. The van der Waals surface area contributed by atoms with E-state index >= 15 is 0 Å². The molecule has 102 valence electrons. The fourth-order valence-electron chi connectivity index (χ4n) is 1.39. The third kappa shape index (κ3) is 10.9. The molecule has 0 atom stereocenters. The van der Waals surface area contributed by atoms with Crippen molar-refractivity contribution in [3.8, 4) is 0 Å². The van der Waals surface area contributed by atoms with Gasteiger partial charge in [-0.05, 0) is 40.0 Å². The van der Waals surface area contributed by atoms with Crippen molar-refractivity contribution in [2.24, 2.45) is 0 Å². The van der Waals surface area contributed by atoms with Crippen molar-refractivity contribution >= 4 is 11.9 Å². The minimum absolute atomic E-state index is 0.0869. The third-order valence-electron chi connectivity index (χ3n) is 2.34. The molecule has 0 rings (SSSR count). The molecule has 0 aromatic rings. The van der Waals surface area contributed by atoms with Crippen molar-refractivity contribution in [2.75, 3.05) is 6.54 Å². The van der Waals surface area contributed by atoms with Crippen molar-refractivity contribution in [2.45, 2.75) is 46.5 Å². The lowest BCUT2D eigenvalue weighted by molar-refractivity contribution is -0.137. The fourth-order valence-corrected chi connectivity index (χ4v) is 1.39. The highest BCUT2D eigenvalue weighted by Crippen LogP contribution is 2.06. The highest BCUT2D eigenvalue weighted by molar-refractivity contribution is 5.88. The summed E-state index contributed by atoms with van der Waals surface area (Å²) in [6.07, 6.45) is 6.08. The average Bonchev–Trinajstić information content (AvgIpc) is 2.23. The second kappa shape index (κ2) is 9.45. The Labute approximate surface area is 109 Å². The van der Waals surface area contributed by atoms with Crippen LogP contribution in [0.5, 0.6) is 0 Å². The normalized spacial score (nSPS) is 10.9. The Morgan fingerprint density at radius 3 is 2.39 bits per heavy atom. The molecule has 0 saturated carbocycles. The first-order valence-corrected chi connectivity index (χ1v) is 6.22. The maximum Gasteiger partial charge on any atom is 0.303 e. The van der Waals surface area contributed by atoms with Gasteiger partial charge in [0.05, 0.1) is 0 Å². The van der Waals surface area contributed by atoms with Gasteiger partial charge in [0.15, 0.2) is 0 Å². The molecule has 0 heterocycles. The number of nitrogens with one attached hydrogen (secondary N) is 1. The van der Waals surface area contributed by atoms with Crippen LogP contribution in [-0.4, -0.2) is 23.5 Å². The Bertz CT molecular complexity index is 339. The summed E-state index contributed by atoms with van der Waals surface area (Å²) >= 11 is 0. The fraction of sp³-hybridized carbons (Fsp3) is 0.571. The third-order valence-corrected chi connectivity index (χ3v) is 2.34. The molecule has 4 nitrogen and oxygen atoms in total. The molecule has 4 heteroatoms. The van der Waals surface area contributed by atoms with Gasteiger partial charge in [0.25, 0.3) is 0 Å². The van der Waals surface area contributed by atoms with Gasteiger partial charge in [-0.3, -0.25) is 9.59 Å². The SMILES string of the molecule is CC(C)=CCCC(C)=CC(=O)NCCCC(=O)O. The number of aliphatic carboxylic acids is 1. The predicted octanol–water partition coefficient (Wildman–Crippen LogP) is 2.66. The van der Waals surface area contributed by atoms with Gasteiger partial charge in [0.1, 0.15) is 0 Å². The molecule has 2 N–H and O–H groups in total. The van der Waals surface area contributed by atoms with Gasteiger partial charge in [-0.25, -0.2) is 0 Å². The van der Waals surface area contributed by atoms with E-state index < -0.39 is 5.97 Å². The van der Waals surface area contributed by atoms with Crippen LogP contribution in [-0.2, 0) is 9.59 Å². The second-order valence-corrected chi connectivity index (χ2v) is 4.60. The van der Waals surface area contributed by atoms with Crippen LogP contribution in [0, 0.1) is 0 Å². The van der Waals surface area contributed by atoms with E-state index in [9.17, 15) is 9.59 Å². The van der Waals surface area contributed by atoms with Gasteiger partial charge in [0, 0.05) is 19.0 Å². The van der Waals surface area contributed by atoms with E-state index in [4.69, 9.17) is 5.11 Å². The maximum atomic E-state index is 11.4. The molecule has 0 aromatic heterocycles. The predicted molar refractivity (Wildman–Crippen MR) is 72.3 cm³/mol. The van der Waals surface area contributed by atoms with Crippen molar-refractivity contribution < 1.29 is 14.7 Å². The molecule has 0 bridgehead atoms. The van der Waals surface area contributed by atoms with Gasteiger partial charge in [-0.2, -0.15) is 0 Å². The maximum absolute atomic E-state index is 11.4. The number of amides is 1. The number of carbonyl (C=O) groups excluding carboxylic acids is 1. The first-order valence-electron chi connectivity index (χ1n) is 6.22. The average molecular weight is 253 g/mol. The van der Waals surface area contributed by atoms with Crippen molar-refractivity contribution in [3.05, 3.63) is 23.3 Å². The number of allylic oxidation sites excluding steroid dienone is 3. The Balaban J connectivity index is 3.83. The summed E-state index contributed by atoms with van der Waals surface area (Å²) in [6.45, 7) is 6.43. The van der Waals surface area contributed by atoms with Crippen molar-refractivity contribution in [3.63, 3.8) is 0 Å². The Hall–Kier alpha value is -1.58. The largest absolute Gasteiger partial charge is 0.481 e. The zero-order valence-electron chi connectivity index (χ0n) is 11.5. The van der Waals surface area contributed by atoms with E-state index in [1.54, 1.807) is 6.08 Å². The minimum Gasteiger partial charge on any atom is -0.481 e. The molecular weight excluding hydrogens is 230 g/mol. The molecular formula is C14H23NO3. The number of carboxylic acid groups (broad SMARTS) is 1. The van der Waals surface area contributed by atoms with Gasteiger partial charge in [-0.15, -0.1) is 0 Å². The molecule has 18 heavy (non-hydrogen) atoms. The zero-order chi connectivity index (χ0) is 14.0. The van der Waals surface area contributed by atoms with Crippen LogP contribution in [0.25, 0.3) is 0 Å². The minimum atomic E-state index is -0.835. The topological polar surface area (TPSA) is 66.4 Å². The molecule has 0 saturated heterocycles. The quantitative estimate of drug-likeness (QED) is 0.397. The number of hydrogen-bond acceptors (Lipinski definition) is 2. The lowest BCUT2D eigenvalue weighted by Crippen LogP contribution is -2.23. The van der Waals surface area contributed by atoms with Crippen molar-refractivity contribution in [1.29, 1.82) is 0 Å². The molecule has 1 amide bonds. The molecule has 0 spiro atoms. The van der Waals surface area contributed by atoms with Crippen LogP contribution in [0.3, 0.4) is 0 Å². The summed E-state index contributed by atoms with van der Waals surface area (Å²) in [6, 6.07) is 0. The number of carbonyl (C=O) groups is 2. The summed E-state index contributed by atoms with van der Waals surface area (Å²) in [7, 11) is 0. The second-order valence-electron chi connectivity index (χ2n) is 4.60. The highest BCUT2D eigenvalue weighted by atomic mass is 16.4. The van der Waals surface area contributed by atoms with Crippen LogP contribution in [0.15, 0.2) is 23.3 Å². The Morgan fingerprint density at radius 2 is 1.83 bits per heavy atom. The van der Waals surface area contributed by atoms with Crippen LogP contribution in [0.2, 0.25) is 0 Å². The molecule has 0 aliphatic carbocycles. The van der Waals surface area contributed by atoms with Gasteiger partial charge < -0.3 is 10.4 Å². The van der Waals surface area contributed by atoms with Crippen LogP contribution >= 0.6 is 0 Å². The van der Waals surface area contributed by atoms with Crippen LogP contribution in [0.1, 0.15) is 46.5 Å². The van der Waals surface area contributed by atoms with Gasteiger partial charge in [-0.1, -0.05) is 17.2 Å². The molecule has 0 aliphatic rings. The number of hydrogen-bond donors (Lipinski definition) is 2. The van der Waals surface area contributed by atoms with Gasteiger partial charge in [0.2, 0.25) is 5.91 Å². The summed E-state index contributed by atoms with van der Waals surface area (Å²) in [5.74, 6) is -0.979. The van der Waals surface area contributed by atoms with E-state index in [0.717, 1.165) is 18.4 Å². The summed E-state index contributed by atoms with van der Waals surface area (Å²) in [5.41, 5.74) is 2.31. The summed E-state index contributed by atoms with van der Waals surface area (Å²) in [4.78, 5) is 21.7. The molecule has 0 radical (unpaired) electrons. The van der Waals surface area contributed by atoms with Gasteiger partial charge >= 0.3 is 5.97 Å². The van der Waals surface area contributed by atoms with Crippen LogP contribution in [0.4, 0.5) is 0 Å². The molecule has 0 unspecified atom stereocenters. The highest BCUT2D eigenvalue weighted by Gasteiger charge is 1.99. The standard InChI is InChI=1S/C14H23NO3/c1-11(2)6-4-7-12(3)10-13(16)15-9-5-8-14(17)18/h6,10H,4-5,7-9H2,1-3H3,(H,15,16)(H,17,18). The van der Waals surface area contributed by atoms with Crippen molar-refractivity contribution in [1.82, 2.24) is 5.32 Å². The Morgan fingerprint density at radius 1 is 1.17 bits per heavy atom. The zero-order valence-corrected chi connectivity index (χ0v) is 11.5. The van der Waals surface area contributed by atoms with E-state index in [0.29, 0.717) is 13.0 Å². The molecule has 0 aliphatic heterocycles. The first kappa shape index (κ1) is 16.4. The van der Waals surface area contributed by atoms with E-state index in [2.05, 4.69) is 11.4 Å². The molecule has 0 aromatic carbocycles. The van der Waals surface area contributed by atoms with E-state index in [1.165, 1.54) is 5.57 Å². The van der Waals surface area contributed by atoms with E-state index in [1.807, 2.05) is 20.8 Å². The van der Waals surface area contributed by atoms with Crippen LogP contribution < -0.4 is 5.32 Å². The summed E-state index contributed by atoms with van der Waals surface area (Å²) in [5, 5.41) is 11.1. The molecule has 0 fully saturated rings. The summed E-state index contributed by atoms with van der Waals surface area (Å²) < 4.78 is 0. The number of rotatable bonds is 8. The lowest BCUT2D eigenvalue weighted by atomic mass is 10.1. The monoisotopic (exact) mass is 253 g/mol. The first-order chi connectivity index (χ1) is 8.41. The smallest absolute Gasteiger partial charge is 0.303 e. The Kier molecular flexibility index (Phi) is 8.62.